The van der Waals surface area contributed by atoms with Gasteiger partial charge in [0, 0.05) is 7.05 Å². The molecule has 5 nitrogen and oxygen atoms in total. The molecule has 0 saturated carbocycles. The van der Waals surface area contributed by atoms with E-state index in [9.17, 15) is 4.79 Å². The Bertz CT molecular complexity index is 371. The molecule has 15 heavy (non-hydrogen) atoms. The van der Waals surface area contributed by atoms with Crippen molar-refractivity contribution in [3.8, 4) is 5.75 Å². The van der Waals surface area contributed by atoms with Crippen molar-refractivity contribution in [1.82, 2.24) is 9.78 Å². The number of nitrogens with zero attached hydrogens (tertiary/aromatic N) is 2. The van der Waals surface area contributed by atoms with Crippen molar-refractivity contribution in [2.75, 3.05) is 0 Å². The third kappa shape index (κ3) is 2.71. The van der Waals surface area contributed by atoms with Crippen LogP contribution in [0.1, 0.15) is 24.7 Å². The van der Waals surface area contributed by atoms with E-state index in [1.165, 1.54) is 0 Å². The minimum absolute atomic E-state index is 0.00618. The lowest BCUT2D eigenvalue weighted by Gasteiger charge is -2.12. The number of aliphatic carboxylic acids is 1. The molecule has 0 saturated heterocycles. The van der Waals surface area contributed by atoms with Crippen molar-refractivity contribution in [3.05, 3.63) is 11.4 Å². The fourth-order valence-electron chi connectivity index (χ4n) is 1.41. The quantitative estimate of drug-likeness (QED) is 0.816. The van der Waals surface area contributed by atoms with Gasteiger partial charge >= 0.3 is 5.97 Å². The number of carboxylic acid groups (broad SMARTS) is 1. The van der Waals surface area contributed by atoms with Crippen LogP contribution in [-0.2, 0) is 11.8 Å². The van der Waals surface area contributed by atoms with Gasteiger partial charge < -0.3 is 9.84 Å². The Kier molecular flexibility index (Phi) is 3.34. The zero-order valence-corrected chi connectivity index (χ0v) is 9.44. The van der Waals surface area contributed by atoms with Gasteiger partial charge in [-0.1, -0.05) is 0 Å². The molecule has 0 aromatic carbocycles. The molecular formula is C10H16N2O3. The van der Waals surface area contributed by atoms with E-state index < -0.39 is 5.97 Å². The topological polar surface area (TPSA) is 64.4 Å². The smallest absolute Gasteiger partial charge is 0.307 e. The molecule has 0 spiro atoms. The van der Waals surface area contributed by atoms with Gasteiger partial charge in [-0.05, 0) is 20.8 Å². The van der Waals surface area contributed by atoms with Crippen LogP contribution in [0.5, 0.6) is 5.75 Å². The molecule has 0 bridgehead atoms. The van der Waals surface area contributed by atoms with Gasteiger partial charge in [0.1, 0.15) is 11.8 Å². The summed E-state index contributed by atoms with van der Waals surface area (Å²) in [5.74, 6) is -0.173. The minimum atomic E-state index is -0.860. The van der Waals surface area contributed by atoms with Crippen LogP contribution < -0.4 is 4.74 Å². The number of ether oxygens (including phenoxy) is 1. The average molecular weight is 212 g/mol. The van der Waals surface area contributed by atoms with Crippen LogP contribution in [0.2, 0.25) is 0 Å². The second kappa shape index (κ2) is 4.33. The Morgan fingerprint density at radius 1 is 1.60 bits per heavy atom. The van der Waals surface area contributed by atoms with Crippen LogP contribution in [0.15, 0.2) is 0 Å². The summed E-state index contributed by atoms with van der Waals surface area (Å²) in [6.45, 7) is 5.47. The highest BCUT2D eigenvalue weighted by Gasteiger charge is 2.15. The fraction of sp³-hybridized carbons (Fsp3) is 0.600. The lowest BCUT2D eigenvalue weighted by molar-refractivity contribution is -0.138. The number of carbonyl (C=O) groups is 1. The molecule has 84 valence electrons. The number of aromatic nitrogens is 2. The van der Waals surface area contributed by atoms with Crippen LogP contribution in [-0.4, -0.2) is 27.0 Å². The first-order valence-electron chi connectivity index (χ1n) is 4.80. The summed E-state index contributed by atoms with van der Waals surface area (Å²) in [6.07, 6.45) is -0.350. The third-order valence-corrected chi connectivity index (χ3v) is 2.22. The summed E-state index contributed by atoms with van der Waals surface area (Å²) >= 11 is 0. The fourth-order valence-corrected chi connectivity index (χ4v) is 1.41. The first-order chi connectivity index (χ1) is 6.91. The van der Waals surface area contributed by atoms with E-state index >= 15 is 0 Å². The largest absolute Gasteiger partial charge is 0.486 e. The molecule has 0 radical (unpaired) electrons. The van der Waals surface area contributed by atoms with Gasteiger partial charge in [-0.2, -0.15) is 5.10 Å². The molecular weight excluding hydrogens is 196 g/mol. The lowest BCUT2D eigenvalue weighted by atomic mass is 10.3. The van der Waals surface area contributed by atoms with E-state index in [0.717, 1.165) is 11.4 Å². The predicted octanol–water partition coefficient (Wildman–Crippen LogP) is 1.28. The molecule has 1 atom stereocenters. The molecule has 0 aliphatic rings. The normalized spacial score (nSPS) is 12.5. The summed E-state index contributed by atoms with van der Waals surface area (Å²) < 4.78 is 7.26. The number of hydrogen-bond donors (Lipinski definition) is 1. The highest BCUT2D eigenvalue weighted by molar-refractivity contribution is 5.67. The number of carboxylic acids is 1. The van der Waals surface area contributed by atoms with Crippen LogP contribution in [0.25, 0.3) is 0 Å². The summed E-state index contributed by atoms with van der Waals surface area (Å²) in [4.78, 5) is 10.5. The maximum atomic E-state index is 10.5. The number of rotatable bonds is 4. The van der Waals surface area contributed by atoms with Gasteiger partial charge in [-0.25, -0.2) is 0 Å². The van der Waals surface area contributed by atoms with E-state index in [4.69, 9.17) is 9.84 Å². The van der Waals surface area contributed by atoms with Gasteiger partial charge in [0.2, 0.25) is 0 Å². The SMILES string of the molecule is Cc1nn(C)c(C)c1O[C@@H](C)CC(=O)O. The predicted molar refractivity (Wildman–Crippen MR) is 55.0 cm³/mol. The van der Waals surface area contributed by atoms with Crippen molar-refractivity contribution in [2.45, 2.75) is 33.3 Å². The van der Waals surface area contributed by atoms with Crippen LogP contribution in [0.4, 0.5) is 0 Å². The molecule has 0 unspecified atom stereocenters. The zero-order valence-electron chi connectivity index (χ0n) is 9.44. The molecule has 1 aromatic heterocycles. The summed E-state index contributed by atoms with van der Waals surface area (Å²) in [7, 11) is 1.83. The standard InChI is InChI=1S/C10H16N2O3/c1-6(5-9(13)14)15-10-7(2)11-12(4)8(10)3/h6H,5H2,1-4H3,(H,13,14)/t6-/m0/s1. The van der Waals surface area contributed by atoms with Crippen molar-refractivity contribution in [1.29, 1.82) is 0 Å². The molecule has 1 heterocycles. The lowest BCUT2D eigenvalue weighted by Crippen LogP contribution is -2.17. The molecule has 0 fully saturated rings. The molecule has 5 heteroatoms. The Morgan fingerprint density at radius 3 is 2.60 bits per heavy atom. The zero-order chi connectivity index (χ0) is 11.6. The maximum Gasteiger partial charge on any atom is 0.307 e. The summed E-state index contributed by atoms with van der Waals surface area (Å²) in [6, 6.07) is 0. The van der Waals surface area contributed by atoms with Crippen LogP contribution in [0, 0.1) is 13.8 Å². The van der Waals surface area contributed by atoms with Crippen molar-refractivity contribution in [2.24, 2.45) is 7.05 Å². The summed E-state index contributed by atoms with van der Waals surface area (Å²) in [5.41, 5.74) is 1.69. The highest BCUT2D eigenvalue weighted by atomic mass is 16.5. The van der Waals surface area contributed by atoms with E-state index in [0.29, 0.717) is 5.75 Å². The van der Waals surface area contributed by atoms with Crippen molar-refractivity contribution in [3.63, 3.8) is 0 Å². The molecule has 0 aliphatic heterocycles. The third-order valence-electron chi connectivity index (χ3n) is 2.22. The molecule has 1 aromatic rings. The Labute approximate surface area is 88.7 Å². The molecule has 0 amide bonds. The van der Waals surface area contributed by atoms with Crippen LogP contribution in [0.3, 0.4) is 0 Å². The van der Waals surface area contributed by atoms with Gasteiger partial charge in [0.15, 0.2) is 5.75 Å². The van der Waals surface area contributed by atoms with Gasteiger partial charge in [-0.3, -0.25) is 9.48 Å². The second-order valence-corrected chi connectivity index (χ2v) is 3.65. The van der Waals surface area contributed by atoms with E-state index in [1.807, 2.05) is 20.9 Å². The number of aryl methyl sites for hydroxylation is 2. The van der Waals surface area contributed by atoms with Crippen molar-refractivity contribution >= 4 is 5.97 Å². The highest BCUT2D eigenvalue weighted by Crippen LogP contribution is 2.23. The second-order valence-electron chi connectivity index (χ2n) is 3.65. The minimum Gasteiger partial charge on any atom is -0.486 e. The number of hydrogen-bond acceptors (Lipinski definition) is 3. The summed E-state index contributed by atoms with van der Waals surface area (Å²) in [5, 5.41) is 12.8. The first kappa shape index (κ1) is 11.6. The van der Waals surface area contributed by atoms with Gasteiger partial charge in [0.05, 0.1) is 12.1 Å². The van der Waals surface area contributed by atoms with Gasteiger partial charge in [-0.15, -0.1) is 0 Å². The molecule has 0 aliphatic carbocycles. The average Bonchev–Trinajstić information content (AvgIpc) is 2.31. The first-order valence-corrected chi connectivity index (χ1v) is 4.80. The molecule has 1 N–H and O–H groups in total. The maximum absolute atomic E-state index is 10.5. The van der Waals surface area contributed by atoms with Gasteiger partial charge in [0.25, 0.3) is 0 Å². The Balaban J connectivity index is 2.76. The van der Waals surface area contributed by atoms with E-state index in [2.05, 4.69) is 5.10 Å². The molecule has 1 rings (SSSR count). The van der Waals surface area contributed by atoms with Crippen LogP contribution >= 0.6 is 0 Å². The Morgan fingerprint density at radius 2 is 2.20 bits per heavy atom. The van der Waals surface area contributed by atoms with E-state index in [1.54, 1.807) is 11.6 Å². The Hall–Kier alpha value is -1.52. The monoisotopic (exact) mass is 212 g/mol. The van der Waals surface area contributed by atoms with Crippen molar-refractivity contribution < 1.29 is 14.6 Å². The van der Waals surface area contributed by atoms with E-state index in [-0.39, 0.29) is 12.5 Å².